The Kier molecular flexibility index (Phi) is 11.2. The van der Waals surface area contributed by atoms with Crippen LogP contribution in [0.15, 0.2) is 84.9 Å². The molecule has 0 saturated carbocycles. The van der Waals surface area contributed by atoms with Crippen molar-refractivity contribution >= 4 is 11.6 Å². The van der Waals surface area contributed by atoms with Crippen molar-refractivity contribution in [2.45, 2.75) is 25.4 Å². The molecule has 0 atom stereocenters. The van der Waals surface area contributed by atoms with Gasteiger partial charge < -0.3 is 34.1 Å². The van der Waals surface area contributed by atoms with Crippen LogP contribution in [0.5, 0.6) is 23.0 Å². The standard InChI is InChI=1S/C38H45N3O5/c1-40(2)20-7-23-45-37-26-33(46-31-18-21-41(3)22-19-31)15-16-34(37)27-10-13-30(14-11-27)39-38(42)29-12-17-36(44-5)35(25-29)28-8-6-9-32(24-28)43-4/h6,8-17,24-26,31H,7,18-23H2,1-5H3,(H,39,42). The van der Waals surface area contributed by atoms with E-state index in [1.54, 1.807) is 20.3 Å². The van der Waals surface area contributed by atoms with Crippen LogP contribution in [0.25, 0.3) is 22.3 Å². The zero-order valence-corrected chi connectivity index (χ0v) is 27.5. The molecule has 0 aliphatic carbocycles. The van der Waals surface area contributed by atoms with Gasteiger partial charge in [0.15, 0.2) is 0 Å². The molecule has 1 saturated heterocycles. The quantitative estimate of drug-likeness (QED) is 0.159. The van der Waals surface area contributed by atoms with E-state index in [2.05, 4.69) is 42.3 Å². The number of piperidine rings is 1. The van der Waals surface area contributed by atoms with E-state index in [0.29, 0.717) is 23.6 Å². The summed E-state index contributed by atoms with van der Waals surface area (Å²) in [5.41, 5.74) is 4.91. The Morgan fingerprint density at radius 2 is 1.61 bits per heavy atom. The number of hydrogen-bond acceptors (Lipinski definition) is 7. The number of ether oxygens (including phenoxy) is 4. The van der Waals surface area contributed by atoms with Crippen molar-refractivity contribution < 1.29 is 23.7 Å². The average molecular weight is 624 g/mol. The first kappa shape index (κ1) is 32.9. The van der Waals surface area contributed by atoms with Gasteiger partial charge in [-0.15, -0.1) is 0 Å². The lowest BCUT2D eigenvalue weighted by atomic mass is 10.0. The van der Waals surface area contributed by atoms with E-state index in [1.807, 2.05) is 72.8 Å². The van der Waals surface area contributed by atoms with Gasteiger partial charge in [0.2, 0.25) is 0 Å². The number of hydrogen-bond donors (Lipinski definition) is 1. The third kappa shape index (κ3) is 8.59. The highest BCUT2D eigenvalue weighted by Crippen LogP contribution is 2.36. The molecule has 4 aromatic carbocycles. The summed E-state index contributed by atoms with van der Waals surface area (Å²) in [5, 5.41) is 3.04. The Morgan fingerprint density at radius 3 is 2.33 bits per heavy atom. The van der Waals surface area contributed by atoms with Gasteiger partial charge in [0, 0.05) is 48.1 Å². The van der Waals surface area contributed by atoms with Gasteiger partial charge in [0.05, 0.1) is 20.8 Å². The Balaban J connectivity index is 1.32. The van der Waals surface area contributed by atoms with Gasteiger partial charge in [0.25, 0.3) is 5.91 Å². The van der Waals surface area contributed by atoms with Crippen LogP contribution in [0.3, 0.4) is 0 Å². The maximum absolute atomic E-state index is 13.3. The van der Waals surface area contributed by atoms with Crippen LogP contribution >= 0.6 is 0 Å². The van der Waals surface area contributed by atoms with Crippen molar-refractivity contribution in [1.29, 1.82) is 0 Å². The minimum atomic E-state index is -0.208. The molecule has 242 valence electrons. The fourth-order valence-corrected chi connectivity index (χ4v) is 5.59. The van der Waals surface area contributed by atoms with Gasteiger partial charge in [0.1, 0.15) is 29.1 Å². The number of nitrogens with zero attached hydrogens (tertiary/aromatic N) is 2. The van der Waals surface area contributed by atoms with Gasteiger partial charge in [-0.2, -0.15) is 0 Å². The predicted octanol–water partition coefficient (Wildman–Crippen LogP) is 7.09. The third-order valence-corrected chi connectivity index (χ3v) is 8.22. The molecule has 1 aliphatic rings. The molecule has 1 N–H and O–H groups in total. The van der Waals surface area contributed by atoms with E-state index in [1.165, 1.54) is 0 Å². The number of benzene rings is 4. The highest BCUT2D eigenvalue weighted by Gasteiger charge is 2.19. The molecular formula is C38H45N3O5. The van der Waals surface area contributed by atoms with Crippen molar-refractivity contribution in [2.24, 2.45) is 0 Å². The molecule has 0 aromatic heterocycles. The van der Waals surface area contributed by atoms with Crippen molar-refractivity contribution in [3.63, 3.8) is 0 Å². The van der Waals surface area contributed by atoms with E-state index in [9.17, 15) is 4.79 Å². The molecule has 0 spiro atoms. The maximum atomic E-state index is 13.3. The molecule has 8 nitrogen and oxygen atoms in total. The number of nitrogens with one attached hydrogen (secondary N) is 1. The normalized spacial score (nSPS) is 13.8. The topological polar surface area (TPSA) is 72.5 Å². The summed E-state index contributed by atoms with van der Waals surface area (Å²) < 4.78 is 23.7. The van der Waals surface area contributed by atoms with Crippen molar-refractivity contribution in [3.8, 4) is 45.3 Å². The first-order valence-corrected chi connectivity index (χ1v) is 15.8. The summed E-state index contributed by atoms with van der Waals surface area (Å²) >= 11 is 0. The van der Waals surface area contributed by atoms with E-state index in [-0.39, 0.29) is 12.0 Å². The highest BCUT2D eigenvalue weighted by atomic mass is 16.5. The minimum absolute atomic E-state index is 0.208. The fourth-order valence-electron chi connectivity index (χ4n) is 5.59. The largest absolute Gasteiger partial charge is 0.497 e. The molecule has 1 fully saturated rings. The van der Waals surface area contributed by atoms with E-state index in [0.717, 1.165) is 78.4 Å². The van der Waals surface area contributed by atoms with Crippen LogP contribution in [0.2, 0.25) is 0 Å². The molecule has 1 amide bonds. The van der Waals surface area contributed by atoms with Crippen LogP contribution in [0, 0.1) is 0 Å². The Labute approximate surface area is 272 Å². The number of amides is 1. The van der Waals surface area contributed by atoms with Gasteiger partial charge in [-0.3, -0.25) is 4.79 Å². The number of anilines is 1. The third-order valence-electron chi connectivity index (χ3n) is 8.22. The summed E-state index contributed by atoms with van der Waals surface area (Å²) in [5.74, 6) is 2.83. The minimum Gasteiger partial charge on any atom is -0.497 e. The highest BCUT2D eigenvalue weighted by molar-refractivity contribution is 6.05. The Hall–Kier alpha value is -4.53. The summed E-state index contributed by atoms with van der Waals surface area (Å²) in [6.07, 6.45) is 3.17. The predicted molar refractivity (Wildman–Crippen MR) is 185 cm³/mol. The molecule has 0 radical (unpaired) electrons. The molecule has 5 rings (SSSR count). The maximum Gasteiger partial charge on any atom is 0.255 e. The number of carbonyl (C=O) groups is 1. The summed E-state index contributed by atoms with van der Waals surface area (Å²) in [7, 11) is 9.54. The van der Waals surface area contributed by atoms with Gasteiger partial charge in [-0.1, -0.05) is 24.3 Å². The van der Waals surface area contributed by atoms with E-state index >= 15 is 0 Å². The lowest BCUT2D eigenvalue weighted by Gasteiger charge is -2.29. The molecule has 0 bridgehead atoms. The molecule has 46 heavy (non-hydrogen) atoms. The van der Waals surface area contributed by atoms with Crippen molar-refractivity contribution in [3.05, 3.63) is 90.5 Å². The SMILES string of the molecule is COc1cccc(-c2cc(C(=O)Nc3ccc(-c4ccc(OC5CCN(C)CC5)cc4OCCCN(C)C)cc3)ccc2OC)c1. The van der Waals surface area contributed by atoms with Gasteiger partial charge >= 0.3 is 0 Å². The first-order chi connectivity index (χ1) is 22.3. The fraction of sp³-hybridized carbons (Fsp3) is 0.342. The van der Waals surface area contributed by atoms with E-state index < -0.39 is 0 Å². The molecule has 4 aromatic rings. The van der Waals surface area contributed by atoms with Crippen molar-refractivity contribution in [1.82, 2.24) is 9.80 Å². The second-order valence-electron chi connectivity index (χ2n) is 12.0. The zero-order valence-electron chi connectivity index (χ0n) is 27.5. The molecule has 1 aliphatic heterocycles. The zero-order chi connectivity index (χ0) is 32.5. The lowest BCUT2D eigenvalue weighted by Crippen LogP contribution is -2.35. The van der Waals surface area contributed by atoms with Crippen LogP contribution in [-0.4, -0.2) is 83.4 Å². The molecule has 1 heterocycles. The van der Waals surface area contributed by atoms with E-state index in [4.69, 9.17) is 18.9 Å². The van der Waals surface area contributed by atoms with Gasteiger partial charge in [-0.25, -0.2) is 0 Å². The van der Waals surface area contributed by atoms with Crippen LogP contribution < -0.4 is 24.3 Å². The van der Waals surface area contributed by atoms with Crippen LogP contribution in [0.4, 0.5) is 5.69 Å². The number of rotatable bonds is 13. The van der Waals surface area contributed by atoms with Gasteiger partial charge in [-0.05, 0) is 106 Å². The smallest absolute Gasteiger partial charge is 0.255 e. The lowest BCUT2D eigenvalue weighted by molar-refractivity contribution is 0.102. The Morgan fingerprint density at radius 1 is 0.826 bits per heavy atom. The Bertz CT molecular complexity index is 1600. The second-order valence-corrected chi connectivity index (χ2v) is 12.0. The van der Waals surface area contributed by atoms with Crippen molar-refractivity contribution in [2.75, 3.05) is 66.9 Å². The summed E-state index contributed by atoms with van der Waals surface area (Å²) in [4.78, 5) is 17.8. The number of carbonyl (C=O) groups excluding carboxylic acids is 1. The average Bonchev–Trinajstić information content (AvgIpc) is 3.08. The summed E-state index contributed by atoms with van der Waals surface area (Å²) in [6, 6.07) is 27.1. The summed E-state index contributed by atoms with van der Waals surface area (Å²) in [6.45, 7) is 3.64. The molecular weight excluding hydrogens is 578 g/mol. The molecule has 0 unspecified atom stereocenters. The van der Waals surface area contributed by atoms with Crippen LogP contribution in [0.1, 0.15) is 29.6 Å². The second kappa shape index (κ2) is 15.7. The van der Waals surface area contributed by atoms with Crippen LogP contribution in [-0.2, 0) is 0 Å². The first-order valence-electron chi connectivity index (χ1n) is 15.8. The monoisotopic (exact) mass is 623 g/mol. The molecule has 8 heteroatoms. The number of likely N-dealkylation sites (tertiary alicyclic amines) is 1. The number of methoxy groups -OCH3 is 2.